The van der Waals surface area contributed by atoms with Gasteiger partial charge < -0.3 is 15.0 Å². The van der Waals surface area contributed by atoms with E-state index in [0.29, 0.717) is 23.2 Å². The Kier molecular flexibility index (Phi) is 9.31. The summed E-state index contributed by atoms with van der Waals surface area (Å²) in [7, 11) is 1.57. The third-order valence-corrected chi connectivity index (χ3v) is 5.64. The molecule has 0 spiro atoms. The summed E-state index contributed by atoms with van der Waals surface area (Å²) >= 11 is 12.0. The SMILES string of the molecule is COCCNC(=O)[C@@H](c1ccccc1)N(Cc1ccc(Cl)cc1)C(=O)Cc1ccc(Cl)cc1. The third kappa shape index (κ3) is 7.32. The molecule has 0 saturated heterocycles. The van der Waals surface area contributed by atoms with Crippen molar-refractivity contribution in [1.82, 2.24) is 10.2 Å². The van der Waals surface area contributed by atoms with Gasteiger partial charge in [0.25, 0.3) is 0 Å². The van der Waals surface area contributed by atoms with Crippen LogP contribution in [-0.4, -0.2) is 37.0 Å². The molecule has 5 nitrogen and oxygen atoms in total. The zero-order valence-electron chi connectivity index (χ0n) is 18.3. The van der Waals surface area contributed by atoms with Crippen molar-refractivity contribution in [2.45, 2.75) is 19.0 Å². The summed E-state index contributed by atoms with van der Waals surface area (Å²) in [6.45, 7) is 0.975. The van der Waals surface area contributed by atoms with E-state index in [2.05, 4.69) is 5.32 Å². The molecule has 0 aliphatic carbocycles. The smallest absolute Gasteiger partial charge is 0.247 e. The lowest BCUT2D eigenvalue weighted by molar-refractivity contribution is -0.141. The fourth-order valence-electron chi connectivity index (χ4n) is 3.47. The van der Waals surface area contributed by atoms with Crippen LogP contribution in [0.5, 0.6) is 0 Å². The number of carbonyl (C=O) groups is 2. The van der Waals surface area contributed by atoms with Crippen LogP contribution in [0, 0.1) is 0 Å². The molecule has 2 amide bonds. The molecule has 0 radical (unpaired) electrons. The lowest BCUT2D eigenvalue weighted by Crippen LogP contribution is -2.44. The summed E-state index contributed by atoms with van der Waals surface area (Å²) in [6.07, 6.45) is 0.138. The van der Waals surface area contributed by atoms with Gasteiger partial charge in [-0.25, -0.2) is 0 Å². The average Bonchev–Trinajstić information content (AvgIpc) is 2.82. The number of amides is 2. The molecular weight excluding hydrogens is 459 g/mol. The Morgan fingerprint density at radius 2 is 1.45 bits per heavy atom. The van der Waals surface area contributed by atoms with E-state index in [4.69, 9.17) is 27.9 Å². The quantitative estimate of drug-likeness (QED) is 0.408. The van der Waals surface area contributed by atoms with Crippen molar-refractivity contribution in [3.63, 3.8) is 0 Å². The standard InChI is InChI=1S/C26H26Cl2N2O3/c1-33-16-15-29-26(32)25(21-5-3-2-4-6-21)30(18-20-9-13-23(28)14-10-20)24(31)17-19-7-11-22(27)12-8-19/h2-14,25H,15-18H2,1H3,(H,29,32)/t25-/m1/s1. The molecule has 3 aromatic carbocycles. The summed E-state index contributed by atoms with van der Waals surface area (Å²) in [5.41, 5.74) is 2.41. The molecule has 0 unspecified atom stereocenters. The Balaban J connectivity index is 1.96. The molecule has 3 rings (SSSR count). The molecule has 0 fully saturated rings. The van der Waals surface area contributed by atoms with Gasteiger partial charge in [0.1, 0.15) is 6.04 Å². The zero-order valence-corrected chi connectivity index (χ0v) is 19.9. The van der Waals surface area contributed by atoms with Gasteiger partial charge in [-0.2, -0.15) is 0 Å². The fourth-order valence-corrected chi connectivity index (χ4v) is 3.72. The van der Waals surface area contributed by atoms with Gasteiger partial charge in [0.2, 0.25) is 11.8 Å². The molecular formula is C26H26Cl2N2O3. The highest BCUT2D eigenvalue weighted by molar-refractivity contribution is 6.30. The Morgan fingerprint density at radius 3 is 2.03 bits per heavy atom. The van der Waals surface area contributed by atoms with Crippen molar-refractivity contribution < 1.29 is 14.3 Å². The molecule has 0 bridgehead atoms. The molecule has 0 saturated carbocycles. The number of nitrogens with zero attached hydrogens (tertiary/aromatic N) is 1. The minimum absolute atomic E-state index is 0.138. The molecule has 1 N–H and O–H groups in total. The second kappa shape index (κ2) is 12.4. The van der Waals surface area contributed by atoms with Gasteiger partial charge in [-0.05, 0) is 41.0 Å². The third-order valence-electron chi connectivity index (χ3n) is 5.14. The predicted octanol–water partition coefficient (Wildman–Crippen LogP) is 5.07. The summed E-state index contributed by atoms with van der Waals surface area (Å²) in [4.78, 5) is 28.5. The topological polar surface area (TPSA) is 58.6 Å². The number of benzene rings is 3. The van der Waals surface area contributed by atoms with E-state index in [-0.39, 0.29) is 24.8 Å². The molecule has 7 heteroatoms. The van der Waals surface area contributed by atoms with Crippen LogP contribution in [0.2, 0.25) is 10.0 Å². The maximum absolute atomic E-state index is 13.6. The first-order valence-electron chi connectivity index (χ1n) is 10.6. The normalized spacial score (nSPS) is 11.6. The van der Waals surface area contributed by atoms with Gasteiger partial charge in [-0.15, -0.1) is 0 Å². The lowest BCUT2D eigenvalue weighted by atomic mass is 10.0. The summed E-state index contributed by atoms with van der Waals surface area (Å²) in [5.74, 6) is -0.445. The van der Waals surface area contributed by atoms with Crippen molar-refractivity contribution in [2.75, 3.05) is 20.3 Å². The number of nitrogens with one attached hydrogen (secondary N) is 1. The van der Waals surface area contributed by atoms with E-state index in [0.717, 1.165) is 16.7 Å². The van der Waals surface area contributed by atoms with E-state index >= 15 is 0 Å². The molecule has 0 aliphatic rings. The van der Waals surface area contributed by atoms with Crippen LogP contribution < -0.4 is 5.32 Å². The first kappa shape index (κ1) is 24.8. The number of ether oxygens (including phenoxy) is 1. The second-order valence-electron chi connectivity index (χ2n) is 7.55. The molecule has 0 heterocycles. The van der Waals surface area contributed by atoms with Gasteiger partial charge in [0.05, 0.1) is 13.0 Å². The van der Waals surface area contributed by atoms with Crippen LogP contribution in [0.3, 0.4) is 0 Å². The van der Waals surface area contributed by atoms with E-state index in [9.17, 15) is 9.59 Å². The highest BCUT2D eigenvalue weighted by Gasteiger charge is 2.31. The van der Waals surface area contributed by atoms with Crippen molar-refractivity contribution >= 4 is 35.0 Å². The fraction of sp³-hybridized carbons (Fsp3) is 0.231. The van der Waals surface area contributed by atoms with E-state index < -0.39 is 6.04 Å². The highest BCUT2D eigenvalue weighted by atomic mass is 35.5. The van der Waals surface area contributed by atoms with E-state index in [1.54, 1.807) is 36.3 Å². The number of rotatable bonds is 10. The second-order valence-corrected chi connectivity index (χ2v) is 8.42. The summed E-state index contributed by atoms with van der Waals surface area (Å²) in [5, 5.41) is 4.09. The van der Waals surface area contributed by atoms with Crippen LogP contribution in [0.15, 0.2) is 78.9 Å². The molecule has 0 aliphatic heterocycles. The molecule has 172 valence electrons. The largest absolute Gasteiger partial charge is 0.383 e. The van der Waals surface area contributed by atoms with E-state index in [1.807, 2.05) is 54.6 Å². The number of hydrogen-bond acceptors (Lipinski definition) is 3. The van der Waals surface area contributed by atoms with Crippen molar-refractivity contribution in [3.05, 3.63) is 106 Å². The lowest BCUT2D eigenvalue weighted by Gasteiger charge is -2.32. The van der Waals surface area contributed by atoms with Gasteiger partial charge in [0, 0.05) is 30.2 Å². The number of methoxy groups -OCH3 is 1. The number of hydrogen-bond donors (Lipinski definition) is 1. The molecule has 0 aromatic heterocycles. The Hall–Kier alpha value is -2.86. The maximum atomic E-state index is 13.6. The number of halogens is 2. The summed E-state index contributed by atoms with van der Waals surface area (Å²) < 4.78 is 5.06. The average molecular weight is 485 g/mol. The van der Waals surface area contributed by atoms with Gasteiger partial charge in [-0.1, -0.05) is 77.8 Å². The highest BCUT2D eigenvalue weighted by Crippen LogP contribution is 2.25. The van der Waals surface area contributed by atoms with Gasteiger partial charge >= 0.3 is 0 Å². The Labute approximate surface area is 204 Å². The van der Waals surface area contributed by atoms with Gasteiger partial charge in [-0.3, -0.25) is 9.59 Å². The molecule has 1 atom stereocenters. The Bertz CT molecular complexity index is 1040. The molecule has 33 heavy (non-hydrogen) atoms. The predicted molar refractivity (Wildman–Crippen MR) is 131 cm³/mol. The minimum Gasteiger partial charge on any atom is -0.383 e. The first-order valence-corrected chi connectivity index (χ1v) is 11.3. The van der Waals surface area contributed by atoms with Crippen LogP contribution in [0.1, 0.15) is 22.7 Å². The van der Waals surface area contributed by atoms with Crippen molar-refractivity contribution in [1.29, 1.82) is 0 Å². The van der Waals surface area contributed by atoms with Crippen LogP contribution in [-0.2, 0) is 27.3 Å². The van der Waals surface area contributed by atoms with Crippen LogP contribution in [0.4, 0.5) is 0 Å². The number of carbonyl (C=O) groups excluding carboxylic acids is 2. The van der Waals surface area contributed by atoms with Gasteiger partial charge in [0.15, 0.2) is 0 Å². The first-order chi connectivity index (χ1) is 16.0. The van der Waals surface area contributed by atoms with Crippen molar-refractivity contribution in [3.8, 4) is 0 Å². The summed E-state index contributed by atoms with van der Waals surface area (Å²) in [6, 6.07) is 22.9. The maximum Gasteiger partial charge on any atom is 0.247 e. The van der Waals surface area contributed by atoms with Crippen LogP contribution >= 0.6 is 23.2 Å². The monoisotopic (exact) mass is 484 g/mol. The van der Waals surface area contributed by atoms with Crippen molar-refractivity contribution in [2.24, 2.45) is 0 Å². The molecule has 3 aromatic rings. The van der Waals surface area contributed by atoms with Crippen LogP contribution in [0.25, 0.3) is 0 Å². The minimum atomic E-state index is -0.807. The van der Waals surface area contributed by atoms with E-state index in [1.165, 1.54) is 0 Å². The zero-order chi connectivity index (χ0) is 23.6. The Morgan fingerprint density at radius 1 is 0.879 bits per heavy atom.